The summed E-state index contributed by atoms with van der Waals surface area (Å²) >= 11 is 0. The minimum Gasteiger partial charge on any atom is -0.487 e. The molecule has 4 heteroatoms. The third kappa shape index (κ3) is 2.74. The molecule has 0 atom stereocenters. The molecule has 3 rings (SSSR count). The summed E-state index contributed by atoms with van der Waals surface area (Å²) in [4.78, 5) is 3.62. The first-order valence-corrected chi connectivity index (χ1v) is 6.68. The number of nitrogens with one attached hydrogen (secondary N) is 1. The first-order valence-electron chi connectivity index (χ1n) is 6.68. The molecule has 0 spiro atoms. The van der Waals surface area contributed by atoms with E-state index in [9.17, 15) is 4.39 Å². The Labute approximate surface area is 117 Å². The second-order valence-corrected chi connectivity index (χ2v) is 5.70. The Hall–Kier alpha value is -2.10. The van der Waals surface area contributed by atoms with Gasteiger partial charge in [0.05, 0.1) is 11.9 Å². The lowest BCUT2D eigenvalue weighted by atomic mass is 10.0. The molecule has 0 bridgehead atoms. The number of hydrogen-bond acceptors (Lipinski definition) is 3. The summed E-state index contributed by atoms with van der Waals surface area (Å²) in [6.07, 6.45) is 2.42. The smallest absolute Gasteiger partial charge is 0.212 e. The molecule has 104 valence electrons. The highest BCUT2D eigenvalue weighted by Gasteiger charge is 2.29. The maximum Gasteiger partial charge on any atom is 0.212 e. The SMILES string of the molecule is CC1(C)Cc2cc(CNc3ccc(F)nc3)ccc2O1. The summed E-state index contributed by atoms with van der Waals surface area (Å²) in [6.45, 7) is 4.87. The topological polar surface area (TPSA) is 34.2 Å². The number of anilines is 1. The lowest BCUT2D eigenvalue weighted by Gasteiger charge is -2.16. The first kappa shape index (κ1) is 12.9. The second kappa shape index (κ2) is 4.78. The predicted octanol–water partition coefficient (Wildman–Crippen LogP) is 3.55. The van der Waals surface area contributed by atoms with Crippen LogP contribution in [-0.4, -0.2) is 10.6 Å². The summed E-state index contributed by atoms with van der Waals surface area (Å²) in [5.41, 5.74) is 3.11. The lowest BCUT2D eigenvalue weighted by Crippen LogP contribution is -2.24. The fourth-order valence-corrected chi connectivity index (χ4v) is 2.46. The maximum atomic E-state index is 12.7. The van der Waals surface area contributed by atoms with Crippen LogP contribution in [0.15, 0.2) is 36.5 Å². The molecule has 2 aromatic rings. The number of fused-ring (bicyclic) bond motifs is 1. The fourth-order valence-electron chi connectivity index (χ4n) is 2.46. The Bertz CT molecular complexity index is 623. The molecule has 20 heavy (non-hydrogen) atoms. The number of pyridine rings is 1. The van der Waals surface area contributed by atoms with Crippen molar-refractivity contribution in [3.8, 4) is 5.75 Å². The van der Waals surface area contributed by atoms with Gasteiger partial charge in [0.25, 0.3) is 0 Å². The van der Waals surface area contributed by atoms with E-state index in [0.717, 1.165) is 17.9 Å². The normalized spacial score (nSPS) is 15.6. The minimum atomic E-state index is -0.465. The Balaban J connectivity index is 1.69. The standard InChI is InChI=1S/C16H17FN2O/c1-16(2)8-12-7-11(3-5-14(12)20-16)9-18-13-4-6-15(17)19-10-13/h3-7,10,18H,8-9H2,1-2H3. The van der Waals surface area contributed by atoms with Gasteiger partial charge in [-0.25, -0.2) is 4.98 Å². The van der Waals surface area contributed by atoms with Gasteiger partial charge in [0.1, 0.15) is 11.4 Å². The van der Waals surface area contributed by atoms with Crippen LogP contribution in [0.4, 0.5) is 10.1 Å². The van der Waals surface area contributed by atoms with E-state index < -0.39 is 5.95 Å². The third-order valence-electron chi connectivity index (χ3n) is 3.35. The number of nitrogens with zero attached hydrogens (tertiary/aromatic N) is 1. The zero-order valence-electron chi connectivity index (χ0n) is 11.6. The number of ether oxygens (including phenoxy) is 1. The van der Waals surface area contributed by atoms with Crippen LogP contribution in [0.1, 0.15) is 25.0 Å². The zero-order chi connectivity index (χ0) is 14.2. The molecule has 0 radical (unpaired) electrons. The van der Waals surface area contributed by atoms with Crippen molar-refractivity contribution in [2.24, 2.45) is 0 Å². The second-order valence-electron chi connectivity index (χ2n) is 5.70. The molecule has 3 nitrogen and oxygen atoms in total. The predicted molar refractivity (Wildman–Crippen MR) is 76.4 cm³/mol. The van der Waals surface area contributed by atoms with E-state index >= 15 is 0 Å². The van der Waals surface area contributed by atoms with Crippen LogP contribution < -0.4 is 10.1 Å². The van der Waals surface area contributed by atoms with Gasteiger partial charge in [0.15, 0.2) is 0 Å². The summed E-state index contributed by atoms with van der Waals surface area (Å²) in [5.74, 6) is 0.509. The first-order chi connectivity index (χ1) is 9.52. The van der Waals surface area contributed by atoms with E-state index in [2.05, 4.69) is 30.2 Å². The van der Waals surface area contributed by atoms with Crippen molar-refractivity contribution in [3.63, 3.8) is 0 Å². The number of rotatable bonds is 3. The van der Waals surface area contributed by atoms with Gasteiger partial charge in [0.2, 0.25) is 5.95 Å². The van der Waals surface area contributed by atoms with Gasteiger partial charge in [-0.05, 0) is 43.2 Å². The number of benzene rings is 1. The van der Waals surface area contributed by atoms with Crippen LogP contribution in [-0.2, 0) is 13.0 Å². The Morgan fingerprint density at radius 3 is 2.90 bits per heavy atom. The molecule has 1 aliphatic rings. The molecular formula is C16H17FN2O. The molecule has 0 amide bonds. The highest BCUT2D eigenvalue weighted by molar-refractivity contribution is 5.44. The van der Waals surface area contributed by atoms with E-state index in [-0.39, 0.29) is 5.60 Å². The molecule has 1 N–H and O–H groups in total. The third-order valence-corrected chi connectivity index (χ3v) is 3.35. The summed E-state index contributed by atoms with van der Waals surface area (Å²) in [6, 6.07) is 9.26. The summed E-state index contributed by atoms with van der Waals surface area (Å²) in [7, 11) is 0. The Morgan fingerprint density at radius 1 is 1.30 bits per heavy atom. The molecule has 1 aliphatic heterocycles. The van der Waals surface area contributed by atoms with Crippen molar-refractivity contribution in [1.82, 2.24) is 4.98 Å². The zero-order valence-corrected chi connectivity index (χ0v) is 11.6. The summed E-state index contributed by atoms with van der Waals surface area (Å²) < 4.78 is 18.6. The molecular weight excluding hydrogens is 255 g/mol. The number of aromatic nitrogens is 1. The van der Waals surface area contributed by atoms with E-state index in [4.69, 9.17) is 4.74 Å². The average Bonchev–Trinajstić information content (AvgIpc) is 2.71. The minimum absolute atomic E-state index is 0.116. The van der Waals surface area contributed by atoms with Gasteiger partial charge >= 0.3 is 0 Å². The molecule has 1 aromatic heterocycles. The van der Waals surface area contributed by atoms with Gasteiger partial charge in [-0.3, -0.25) is 0 Å². The van der Waals surface area contributed by atoms with Gasteiger partial charge in [-0.15, -0.1) is 0 Å². The number of hydrogen-bond donors (Lipinski definition) is 1. The van der Waals surface area contributed by atoms with Crippen molar-refractivity contribution in [3.05, 3.63) is 53.6 Å². The van der Waals surface area contributed by atoms with E-state index in [0.29, 0.717) is 6.54 Å². The van der Waals surface area contributed by atoms with Crippen molar-refractivity contribution in [2.45, 2.75) is 32.4 Å². The fraction of sp³-hybridized carbons (Fsp3) is 0.312. The van der Waals surface area contributed by atoms with Crippen LogP contribution in [0.25, 0.3) is 0 Å². The average molecular weight is 272 g/mol. The van der Waals surface area contributed by atoms with E-state index in [1.165, 1.54) is 23.4 Å². The quantitative estimate of drug-likeness (QED) is 0.868. The van der Waals surface area contributed by atoms with Crippen molar-refractivity contribution < 1.29 is 9.13 Å². The summed E-state index contributed by atoms with van der Waals surface area (Å²) in [5, 5.41) is 3.23. The molecule has 0 saturated heterocycles. The van der Waals surface area contributed by atoms with Crippen LogP contribution in [0.2, 0.25) is 0 Å². The Morgan fingerprint density at radius 2 is 2.15 bits per heavy atom. The molecule has 0 fully saturated rings. The van der Waals surface area contributed by atoms with Crippen molar-refractivity contribution >= 4 is 5.69 Å². The van der Waals surface area contributed by atoms with Gasteiger partial charge in [0, 0.05) is 13.0 Å². The molecule has 0 aliphatic carbocycles. The van der Waals surface area contributed by atoms with Crippen LogP contribution in [0, 0.1) is 5.95 Å². The number of halogens is 1. The van der Waals surface area contributed by atoms with Crippen LogP contribution in [0.5, 0.6) is 5.75 Å². The van der Waals surface area contributed by atoms with E-state index in [1.54, 1.807) is 6.07 Å². The Kier molecular flexibility index (Phi) is 3.08. The van der Waals surface area contributed by atoms with Crippen molar-refractivity contribution in [2.75, 3.05) is 5.32 Å². The van der Waals surface area contributed by atoms with Crippen LogP contribution >= 0.6 is 0 Å². The van der Waals surface area contributed by atoms with Crippen molar-refractivity contribution in [1.29, 1.82) is 0 Å². The maximum absolute atomic E-state index is 12.7. The molecule has 2 heterocycles. The van der Waals surface area contributed by atoms with E-state index in [1.807, 2.05) is 12.1 Å². The largest absolute Gasteiger partial charge is 0.487 e. The highest BCUT2D eigenvalue weighted by Crippen LogP contribution is 2.35. The highest BCUT2D eigenvalue weighted by atomic mass is 19.1. The lowest BCUT2D eigenvalue weighted by molar-refractivity contribution is 0.138. The molecule has 0 saturated carbocycles. The molecule has 0 unspecified atom stereocenters. The van der Waals surface area contributed by atoms with Gasteiger partial charge < -0.3 is 10.1 Å². The van der Waals surface area contributed by atoms with Gasteiger partial charge in [-0.2, -0.15) is 4.39 Å². The van der Waals surface area contributed by atoms with Gasteiger partial charge in [-0.1, -0.05) is 12.1 Å². The van der Waals surface area contributed by atoms with Crippen LogP contribution in [0.3, 0.4) is 0 Å². The molecule has 1 aromatic carbocycles. The monoisotopic (exact) mass is 272 g/mol.